The van der Waals surface area contributed by atoms with Crippen molar-refractivity contribution in [3.8, 4) is 0 Å². The molecule has 2 aliphatic rings. The van der Waals surface area contributed by atoms with Gasteiger partial charge in [-0.1, -0.05) is 26.7 Å². The van der Waals surface area contributed by atoms with Crippen molar-refractivity contribution >= 4 is 5.91 Å². The summed E-state index contributed by atoms with van der Waals surface area (Å²) < 4.78 is 2.16. The Bertz CT molecular complexity index is 835. The highest BCUT2D eigenvalue weighted by Gasteiger charge is 2.29. The highest BCUT2D eigenvalue weighted by molar-refractivity contribution is 5.95. The Kier molecular flexibility index (Phi) is 4.98. The van der Waals surface area contributed by atoms with Crippen LogP contribution in [0.25, 0.3) is 0 Å². The minimum absolute atomic E-state index is 0.0229. The van der Waals surface area contributed by atoms with E-state index in [1.807, 2.05) is 6.92 Å². The summed E-state index contributed by atoms with van der Waals surface area (Å²) in [5.74, 6) is 0.786. The van der Waals surface area contributed by atoms with Crippen molar-refractivity contribution in [1.29, 1.82) is 0 Å². The van der Waals surface area contributed by atoms with Gasteiger partial charge in [-0.05, 0) is 50.5 Å². The average molecular weight is 367 g/mol. The third-order valence-corrected chi connectivity index (χ3v) is 5.84. The normalized spacial score (nSPS) is 20.1. The molecule has 0 bridgehead atoms. The van der Waals surface area contributed by atoms with Gasteiger partial charge in [0.25, 0.3) is 5.91 Å². The van der Waals surface area contributed by atoms with E-state index in [1.54, 1.807) is 6.20 Å². The van der Waals surface area contributed by atoms with Crippen LogP contribution < -0.4 is 5.32 Å². The van der Waals surface area contributed by atoms with Crippen LogP contribution in [0.15, 0.2) is 12.4 Å². The van der Waals surface area contributed by atoms with E-state index in [0.717, 1.165) is 30.7 Å². The van der Waals surface area contributed by atoms with Gasteiger partial charge in [0.05, 0.1) is 29.0 Å². The molecule has 1 fully saturated rings. The number of fused-ring (bicyclic) bond motifs is 1. The smallest absolute Gasteiger partial charge is 0.255 e. The van der Waals surface area contributed by atoms with Gasteiger partial charge in [0.1, 0.15) is 5.82 Å². The Morgan fingerprint density at radius 1 is 1.22 bits per heavy atom. The molecule has 0 radical (unpaired) electrons. The predicted molar refractivity (Wildman–Crippen MR) is 104 cm³/mol. The van der Waals surface area contributed by atoms with Crippen molar-refractivity contribution in [2.75, 3.05) is 0 Å². The molecular formula is C21H29N5O. The van der Waals surface area contributed by atoms with Crippen LogP contribution in [0.4, 0.5) is 0 Å². The molecule has 0 spiro atoms. The number of aryl methyl sites for hydroxylation is 2. The number of amides is 1. The Morgan fingerprint density at radius 3 is 2.74 bits per heavy atom. The lowest BCUT2D eigenvalue weighted by Gasteiger charge is -2.23. The van der Waals surface area contributed by atoms with E-state index in [4.69, 9.17) is 5.10 Å². The van der Waals surface area contributed by atoms with Crippen LogP contribution in [-0.2, 0) is 6.42 Å². The van der Waals surface area contributed by atoms with Gasteiger partial charge in [-0.25, -0.2) is 9.97 Å². The van der Waals surface area contributed by atoms with Crippen LogP contribution in [0.3, 0.4) is 0 Å². The van der Waals surface area contributed by atoms with Gasteiger partial charge >= 0.3 is 0 Å². The number of nitrogens with one attached hydrogen (secondary N) is 1. The molecule has 1 amide bonds. The van der Waals surface area contributed by atoms with Gasteiger partial charge in [0.2, 0.25) is 0 Å². The van der Waals surface area contributed by atoms with E-state index < -0.39 is 0 Å². The molecule has 27 heavy (non-hydrogen) atoms. The first-order valence-electron chi connectivity index (χ1n) is 10.2. The van der Waals surface area contributed by atoms with Crippen molar-refractivity contribution in [2.45, 2.75) is 83.7 Å². The molecule has 1 N–H and O–H groups in total. The molecule has 2 heterocycles. The lowest BCUT2D eigenvalue weighted by Crippen LogP contribution is -2.32. The molecule has 1 saturated carbocycles. The van der Waals surface area contributed by atoms with Gasteiger partial charge < -0.3 is 5.32 Å². The summed E-state index contributed by atoms with van der Waals surface area (Å²) in [6.07, 6.45) is 12.0. The quantitative estimate of drug-likeness (QED) is 0.885. The number of hydrogen-bond acceptors (Lipinski definition) is 4. The molecule has 2 aromatic rings. The van der Waals surface area contributed by atoms with Crippen molar-refractivity contribution in [1.82, 2.24) is 25.1 Å². The van der Waals surface area contributed by atoms with Crippen LogP contribution in [0.1, 0.15) is 104 Å². The fraction of sp³-hybridized carbons (Fsp3) is 0.619. The van der Waals surface area contributed by atoms with E-state index in [1.165, 1.54) is 31.2 Å². The van der Waals surface area contributed by atoms with Gasteiger partial charge in [0.15, 0.2) is 0 Å². The average Bonchev–Trinajstić information content (AvgIpc) is 3.31. The molecule has 6 nitrogen and oxygen atoms in total. The van der Waals surface area contributed by atoms with E-state index >= 15 is 0 Å². The van der Waals surface area contributed by atoms with E-state index in [0.29, 0.717) is 17.4 Å². The zero-order valence-electron chi connectivity index (χ0n) is 16.5. The van der Waals surface area contributed by atoms with Crippen LogP contribution in [-0.4, -0.2) is 25.7 Å². The fourth-order valence-electron chi connectivity index (χ4n) is 4.40. The van der Waals surface area contributed by atoms with E-state index in [2.05, 4.69) is 40.0 Å². The molecule has 144 valence electrons. The molecular weight excluding hydrogens is 338 g/mol. The first-order chi connectivity index (χ1) is 13.0. The summed E-state index contributed by atoms with van der Waals surface area (Å²) in [6.45, 7) is 5.97. The highest BCUT2D eigenvalue weighted by atomic mass is 16.1. The lowest BCUT2D eigenvalue weighted by atomic mass is 9.93. The molecule has 2 aliphatic carbocycles. The molecule has 0 saturated heterocycles. The van der Waals surface area contributed by atoms with Crippen LogP contribution in [0.2, 0.25) is 0 Å². The van der Waals surface area contributed by atoms with Crippen molar-refractivity contribution in [3.63, 3.8) is 0 Å². The minimum atomic E-state index is -0.0908. The van der Waals surface area contributed by atoms with Gasteiger partial charge in [-0.2, -0.15) is 5.10 Å². The zero-order chi connectivity index (χ0) is 19.0. The maximum Gasteiger partial charge on any atom is 0.255 e. The standard InChI is InChI=1S/C21H29N5O/c1-13(2)19-17(11-22-14(3)23-19)21(27)24-18-10-6-7-15-12-26(25-20(15)18)16-8-4-5-9-16/h11-13,16,18H,4-10H2,1-3H3,(H,24,27). The van der Waals surface area contributed by atoms with Crippen molar-refractivity contribution < 1.29 is 4.79 Å². The second-order valence-electron chi connectivity index (χ2n) is 8.25. The molecule has 6 heteroatoms. The number of hydrogen-bond donors (Lipinski definition) is 1. The van der Waals surface area contributed by atoms with Crippen LogP contribution >= 0.6 is 0 Å². The summed E-state index contributed by atoms with van der Waals surface area (Å²) in [7, 11) is 0. The Balaban J connectivity index is 1.57. The second-order valence-corrected chi connectivity index (χ2v) is 8.25. The third-order valence-electron chi connectivity index (χ3n) is 5.84. The Hall–Kier alpha value is -2.24. The Morgan fingerprint density at radius 2 is 2.00 bits per heavy atom. The summed E-state index contributed by atoms with van der Waals surface area (Å²) in [4.78, 5) is 21.7. The second kappa shape index (κ2) is 7.41. The van der Waals surface area contributed by atoms with Crippen molar-refractivity contribution in [2.24, 2.45) is 0 Å². The third kappa shape index (κ3) is 3.62. The minimum Gasteiger partial charge on any atom is -0.343 e. The van der Waals surface area contributed by atoms with Gasteiger partial charge in [-0.15, -0.1) is 0 Å². The fourth-order valence-corrected chi connectivity index (χ4v) is 4.40. The Labute approximate surface area is 160 Å². The first-order valence-corrected chi connectivity index (χ1v) is 10.2. The number of rotatable bonds is 4. The lowest BCUT2D eigenvalue weighted by molar-refractivity contribution is 0.0929. The zero-order valence-corrected chi connectivity index (χ0v) is 16.5. The monoisotopic (exact) mass is 367 g/mol. The first kappa shape index (κ1) is 18.1. The summed E-state index contributed by atoms with van der Waals surface area (Å²) >= 11 is 0. The molecule has 1 atom stereocenters. The van der Waals surface area contributed by atoms with E-state index in [9.17, 15) is 4.79 Å². The number of aromatic nitrogens is 4. The highest BCUT2D eigenvalue weighted by Crippen LogP contribution is 2.34. The predicted octanol–water partition coefficient (Wildman–Crippen LogP) is 4.03. The molecule has 0 aromatic carbocycles. The topological polar surface area (TPSA) is 72.7 Å². The summed E-state index contributed by atoms with van der Waals surface area (Å²) in [6, 6.07) is 0.509. The molecule has 2 aromatic heterocycles. The maximum atomic E-state index is 13.0. The molecule has 1 unspecified atom stereocenters. The maximum absolute atomic E-state index is 13.0. The summed E-state index contributed by atoms with van der Waals surface area (Å²) in [5.41, 5.74) is 3.74. The largest absolute Gasteiger partial charge is 0.343 e. The van der Waals surface area contributed by atoms with Gasteiger partial charge in [0, 0.05) is 12.4 Å². The van der Waals surface area contributed by atoms with Crippen LogP contribution in [0.5, 0.6) is 0 Å². The number of carbonyl (C=O) groups is 1. The number of nitrogens with zero attached hydrogens (tertiary/aromatic N) is 4. The van der Waals surface area contributed by atoms with Gasteiger partial charge in [-0.3, -0.25) is 9.48 Å². The SMILES string of the molecule is Cc1ncc(C(=O)NC2CCCc3cn(C4CCCC4)nc32)c(C(C)C)n1. The van der Waals surface area contributed by atoms with E-state index in [-0.39, 0.29) is 17.9 Å². The van der Waals surface area contributed by atoms with Crippen molar-refractivity contribution in [3.05, 3.63) is 40.7 Å². The molecule has 4 rings (SSSR count). The summed E-state index contributed by atoms with van der Waals surface area (Å²) in [5, 5.41) is 8.12. The van der Waals surface area contributed by atoms with Crippen LogP contribution in [0, 0.1) is 6.92 Å². The molecule has 0 aliphatic heterocycles. The number of carbonyl (C=O) groups excluding carboxylic acids is 1.